The van der Waals surface area contributed by atoms with E-state index in [9.17, 15) is 0 Å². The van der Waals surface area contributed by atoms with Crippen molar-refractivity contribution in [2.75, 3.05) is 39.8 Å². The van der Waals surface area contributed by atoms with Crippen LogP contribution in [0.25, 0.3) is 0 Å². The molecule has 3 nitrogen and oxygen atoms in total. The Morgan fingerprint density at radius 3 is 2.44 bits per heavy atom. The minimum absolute atomic E-state index is 0.720. The second kappa shape index (κ2) is 5.48. The molecule has 0 aromatic carbocycles. The summed E-state index contributed by atoms with van der Waals surface area (Å²) >= 11 is 0. The van der Waals surface area contributed by atoms with E-state index in [1.165, 1.54) is 45.6 Å². The summed E-state index contributed by atoms with van der Waals surface area (Å²) in [6.07, 6.45) is 2.74. The molecule has 2 unspecified atom stereocenters. The predicted molar refractivity (Wildman–Crippen MR) is 68.7 cm³/mol. The van der Waals surface area contributed by atoms with Gasteiger partial charge >= 0.3 is 0 Å². The van der Waals surface area contributed by atoms with Crippen molar-refractivity contribution in [3.05, 3.63) is 0 Å². The lowest BCUT2D eigenvalue weighted by atomic mass is 9.96. The highest BCUT2D eigenvalue weighted by molar-refractivity contribution is 4.84. The standard InChI is InChI=1S/C13H27N3/c1-11-9-16(12(2)8-15(11)3)10-13-4-6-14-7-5-13/h11-14H,4-10H2,1-3H3. The Labute approximate surface area is 100 Å². The lowest BCUT2D eigenvalue weighted by molar-refractivity contribution is 0.0448. The van der Waals surface area contributed by atoms with Crippen molar-refractivity contribution in [3.63, 3.8) is 0 Å². The number of rotatable bonds is 2. The molecular formula is C13H27N3. The fourth-order valence-corrected chi connectivity index (χ4v) is 3.02. The second-order valence-electron chi connectivity index (χ2n) is 5.78. The zero-order valence-corrected chi connectivity index (χ0v) is 11.1. The molecule has 94 valence electrons. The largest absolute Gasteiger partial charge is 0.317 e. The topological polar surface area (TPSA) is 18.5 Å². The first kappa shape index (κ1) is 12.3. The Morgan fingerprint density at radius 2 is 1.75 bits per heavy atom. The molecule has 2 atom stereocenters. The summed E-state index contributed by atoms with van der Waals surface area (Å²) < 4.78 is 0. The molecule has 0 aromatic heterocycles. The zero-order chi connectivity index (χ0) is 11.5. The summed E-state index contributed by atoms with van der Waals surface area (Å²) in [5.74, 6) is 0.930. The number of hydrogen-bond acceptors (Lipinski definition) is 3. The first-order valence-electron chi connectivity index (χ1n) is 6.82. The second-order valence-corrected chi connectivity index (χ2v) is 5.78. The van der Waals surface area contributed by atoms with Crippen LogP contribution >= 0.6 is 0 Å². The highest BCUT2D eigenvalue weighted by Crippen LogP contribution is 2.19. The molecule has 2 aliphatic heterocycles. The monoisotopic (exact) mass is 225 g/mol. The van der Waals surface area contributed by atoms with Gasteiger partial charge in [-0.2, -0.15) is 0 Å². The first-order valence-corrected chi connectivity index (χ1v) is 6.82. The van der Waals surface area contributed by atoms with Crippen LogP contribution < -0.4 is 5.32 Å². The van der Waals surface area contributed by atoms with E-state index in [0.29, 0.717) is 0 Å². The Morgan fingerprint density at radius 1 is 1.06 bits per heavy atom. The van der Waals surface area contributed by atoms with Crippen LogP contribution in [0.5, 0.6) is 0 Å². The smallest absolute Gasteiger partial charge is 0.0195 e. The van der Waals surface area contributed by atoms with Crippen molar-refractivity contribution in [3.8, 4) is 0 Å². The van der Waals surface area contributed by atoms with Crippen molar-refractivity contribution >= 4 is 0 Å². The van der Waals surface area contributed by atoms with E-state index in [4.69, 9.17) is 0 Å². The molecule has 0 spiro atoms. The Balaban J connectivity index is 1.83. The molecule has 0 radical (unpaired) electrons. The number of nitrogens with zero attached hydrogens (tertiary/aromatic N) is 2. The highest BCUT2D eigenvalue weighted by atomic mass is 15.3. The Hall–Kier alpha value is -0.120. The van der Waals surface area contributed by atoms with Gasteiger partial charge in [-0.15, -0.1) is 0 Å². The van der Waals surface area contributed by atoms with Crippen LogP contribution in [-0.2, 0) is 0 Å². The van der Waals surface area contributed by atoms with E-state index < -0.39 is 0 Å². The van der Waals surface area contributed by atoms with Gasteiger partial charge in [-0.25, -0.2) is 0 Å². The normalized spacial score (nSPS) is 35.4. The van der Waals surface area contributed by atoms with Gasteiger partial charge in [-0.1, -0.05) is 0 Å². The number of likely N-dealkylation sites (N-methyl/N-ethyl adjacent to an activating group) is 1. The summed E-state index contributed by atoms with van der Waals surface area (Å²) in [5.41, 5.74) is 0. The molecule has 0 saturated carbocycles. The maximum Gasteiger partial charge on any atom is 0.0195 e. The lowest BCUT2D eigenvalue weighted by Crippen LogP contribution is -2.56. The maximum absolute atomic E-state index is 3.45. The molecule has 2 rings (SSSR count). The Kier molecular flexibility index (Phi) is 4.22. The van der Waals surface area contributed by atoms with Crippen LogP contribution in [0.4, 0.5) is 0 Å². The maximum atomic E-state index is 3.45. The molecule has 2 fully saturated rings. The van der Waals surface area contributed by atoms with Crippen LogP contribution in [0.1, 0.15) is 26.7 Å². The third-order valence-corrected chi connectivity index (χ3v) is 4.38. The van der Waals surface area contributed by atoms with Crippen molar-refractivity contribution in [2.24, 2.45) is 5.92 Å². The van der Waals surface area contributed by atoms with E-state index >= 15 is 0 Å². The van der Waals surface area contributed by atoms with Crippen LogP contribution in [0.3, 0.4) is 0 Å². The van der Waals surface area contributed by atoms with E-state index in [1.54, 1.807) is 0 Å². The highest BCUT2D eigenvalue weighted by Gasteiger charge is 2.28. The minimum Gasteiger partial charge on any atom is -0.317 e. The molecule has 2 aliphatic rings. The van der Waals surface area contributed by atoms with Gasteiger partial charge in [0.15, 0.2) is 0 Å². The Bertz CT molecular complexity index is 213. The minimum atomic E-state index is 0.720. The zero-order valence-electron chi connectivity index (χ0n) is 11.1. The fraction of sp³-hybridized carbons (Fsp3) is 1.00. The molecule has 1 N–H and O–H groups in total. The SMILES string of the molecule is CC1CN(CC2CCNCC2)C(C)CN1C. The summed E-state index contributed by atoms with van der Waals surface area (Å²) in [4.78, 5) is 5.20. The van der Waals surface area contributed by atoms with Gasteiger partial charge in [0.1, 0.15) is 0 Å². The van der Waals surface area contributed by atoms with Crippen LogP contribution in [0, 0.1) is 5.92 Å². The molecule has 0 aromatic rings. The molecule has 16 heavy (non-hydrogen) atoms. The third-order valence-electron chi connectivity index (χ3n) is 4.38. The van der Waals surface area contributed by atoms with Crippen LogP contribution in [0.2, 0.25) is 0 Å². The van der Waals surface area contributed by atoms with E-state index in [2.05, 4.69) is 36.0 Å². The molecular weight excluding hydrogens is 198 g/mol. The van der Waals surface area contributed by atoms with Gasteiger partial charge in [0.05, 0.1) is 0 Å². The number of piperazine rings is 1. The molecule has 0 aliphatic carbocycles. The molecule has 0 bridgehead atoms. The van der Waals surface area contributed by atoms with Crippen molar-refractivity contribution in [2.45, 2.75) is 38.8 Å². The van der Waals surface area contributed by atoms with Gasteiger partial charge in [-0.05, 0) is 52.7 Å². The summed E-state index contributed by atoms with van der Waals surface area (Å²) in [7, 11) is 2.25. The number of nitrogens with one attached hydrogen (secondary N) is 1. The van der Waals surface area contributed by atoms with E-state index in [0.717, 1.165) is 18.0 Å². The lowest BCUT2D eigenvalue weighted by Gasteiger charge is -2.44. The predicted octanol–water partition coefficient (Wildman–Crippen LogP) is 1.01. The first-order chi connectivity index (χ1) is 7.66. The summed E-state index contributed by atoms with van der Waals surface area (Å²) in [6.45, 7) is 11.0. The van der Waals surface area contributed by atoms with Gasteiger partial charge in [0.2, 0.25) is 0 Å². The van der Waals surface area contributed by atoms with Crippen molar-refractivity contribution < 1.29 is 0 Å². The number of piperidine rings is 1. The van der Waals surface area contributed by atoms with Crippen molar-refractivity contribution in [1.82, 2.24) is 15.1 Å². The van der Waals surface area contributed by atoms with Gasteiger partial charge in [0.25, 0.3) is 0 Å². The molecule has 2 heterocycles. The summed E-state index contributed by atoms with van der Waals surface area (Å²) in [5, 5.41) is 3.45. The van der Waals surface area contributed by atoms with E-state index in [-0.39, 0.29) is 0 Å². The van der Waals surface area contributed by atoms with Gasteiger partial charge in [-0.3, -0.25) is 4.90 Å². The van der Waals surface area contributed by atoms with Crippen molar-refractivity contribution in [1.29, 1.82) is 0 Å². The quantitative estimate of drug-likeness (QED) is 0.757. The average Bonchev–Trinajstić information content (AvgIpc) is 2.27. The summed E-state index contributed by atoms with van der Waals surface area (Å²) in [6, 6.07) is 1.45. The molecule has 3 heteroatoms. The number of hydrogen-bond donors (Lipinski definition) is 1. The molecule has 0 amide bonds. The average molecular weight is 225 g/mol. The van der Waals surface area contributed by atoms with Crippen LogP contribution in [-0.4, -0.2) is 61.7 Å². The van der Waals surface area contributed by atoms with Gasteiger partial charge < -0.3 is 10.2 Å². The van der Waals surface area contributed by atoms with E-state index in [1.807, 2.05) is 0 Å². The van der Waals surface area contributed by atoms with Gasteiger partial charge in [0, 0.05) is 31.7 Å². The molecule has 2 saturated heterocycles. The van der Waals surface area contributed by atoms with Crippen LogP contribution in [0.15, 0.2) is 0 Å². The third kappa shape index (κ3) is 2.96. The fourth-order valence-electron chi connectivity index (χ4n) is 3.02.